The van der Waals surface area contributed by atoms with Crippen molar-refractivity contribution in [2.45, 2.75) is 37.5 Å². The molecule has 2 amide bonds. The zero-order chi connectivity index (χ0) is 13.6. The molecule has 1 heterocycles. The number of amides is 2. The van der Waals surface area contributed by atoms with Gasteiger partial charge in [-0.05, 0) is 31.3 Å². The summed E-state index contributed by atoms with van der Waals surface area (Å²) in [5.41, 5.74) is 6.30. The molecule has 1 saturated carbocycles. The molecule has 2 atom stereocenters. The molecule has 2 aliphatic carbocycles. The highest BCUT2D eigenvalue weighted by Gasteiger charge is 2.44. The van der Waals surface area contributed by atoms with Crippen molar-refractivity contribution in [3.63, 3.8) is 0 Å². The van der Waals surface area contributed by atoms with Crippen LogP contribution >= 0.6 is 11.8 Å². The van der Waals surface area contributed by atoms with E-state index >= 15 is 0 Å². The molecule has 3 rings (SSSR count). The number of hydrogen-bond donors (Lipinski definition) is 2. The van der Waals surface area contributed by atoms with Crippen molar-refractivity contribution in [1.82, 2.24) is 5.32 Å². The fourth-order valence-electron chi connectivity index (χ4n) is 2.70. The molecule has 1 aliphatic heterocycles. The van der Waals surface area contributed by atoms with Crippen molar-refractivity contribution in [2.24, 2.45) is 17.6 Å². The Hall–Kier alpha value is -1.30. The van der Waals surface area contributed by atoms with E-state index in [-0.39, 0.29) is 17.6 Å². The predicted octanol–water partition coefficient (Wildman–Crippen LogP) is 0.694. The minimum Gasteiger partial charge on any atom is -0.369 e. The number of hydrogen-bond acceptors (Lipinski definition) is 4. The van der Waals surface area contributed by atoms with Gasteiger partial charge in [0.1, 0.15) is 0 Å². The molecule has 0 aromatic carbocycles. The van der Waals surface area contributed by atoms with Crippen molar-refractivity contribution in [3.05, 3.63) is 10.5 Å². The van der Waals surface area contributed by atoms with Crippen LogP contribution in [0.3, 0.4) is 0 Å². The first kappa shape index (κ1) is 12.7. The van der Waals surface area contributed by atoms with Crippen LogP contribution in [0.5, 0.6) is 0 Å². The summed E-state index contributed by atoms with van der Waals surface area (Å²) in [7, 11) is 0. The van der Waals surface area contributed by atoms with E-state index in [0.717, 1.165) is 31.3 Å². The number of ketones is 1. The quantitative estimate of drug-likeness (QED) is 0.796. The van der Waals surface area contributed by atoms with Crippen LogP contribution in [-0.2, 0) is 14.4 Å². The summed E-state index contributed by atoms with van der Waals surface area (Å²) in [5, 5.41) is 2.49. The van der Waals surface area contributed by atoms with Crippen LogP contribution in [-0.4, -0.2) is 23.0 Å². The summed E-state index contributed by atoms with van der Waals surface area (Å²) in [4.78, 5) is 36.0. The highest BCUT2D eigenvalue weighted by atomic mass is 32.2. The first-order valence-electron chi connectivity index (χ1n) is 6.60. The Balaban J connectivity index is 1.81. The molecule has 2 unspecified atom stereocenters. The second-order valence-corrected chi connectivity index (χ2v) is 6.48. The summed E-state index contributed by atoms with van der Waals surface area (Å²) in [6.07, 6.45) is 3.86. The van der Waals surface area contributed by atoms with Crippen LogP contribution in [0.25, 0.3) is 0 Å². The number of rotatable bonds is 3. The molecule has 0 bridgehead atoms. The fourth-order valence-corrected chi connectivity index (χ4v) is 4.18. The average Bonchev–Trinajstić information content (AvgIpc) is 3.12. The van der Waals surface area contributed by atoms with E-state index in [1.807, 2.05) is 0 Å². The van der Waals surface area contributed by atoms with Crippen LogP contribution in [0, 0.1) is 11.8 Å². The first-order valence-corrected chi connectivity index (χ1v) is 7.48. The number of nitrogens with one attached hydrogen (secondary N) is 1. The second kappa shape index (κ2) is 4.67. The molecule has 0 aromatic heterocycles. The minimum absolute atomic E-state index is 0.0176. The van der Waals surface area contributed by atoms with Crippen LogP contribution < -0.4 is 11.1 Å². The molecule has 1 fully saturated rings. The van der Waals surface area contributed by atoms with Crippen LogP contribution in [0.15, 0.2) is 10.5 Å². The van der Waals surface area contributed by atoms with Crippen molar-refractivity contribution in [3.8, 4) is 0 Å². The third kappa shape index (κ3) is 2.29. The van der Waals surface area contributed by atoms with E-state index in [2.05, 4.69) is 5.32 Å². The fraction of sp³-hybridized carbons (Fsp3) is 0.615. The highest BCUT2D eigenvalue weighted by Crippen LogP contribution is 2.46. The Morgan fingerprint density at radius 2 is 2.00 bits per heavy atom. The number of carbonyl (C=O) groups is 3. The molecule has 0 radical (unpaired) electrons. The number of allylic oxidation sites excluding steroid dienone is 1. The predicted molar refractivity (Wildman–Crippen MR) is 70.8 cm³/mol. The summed E-state index contributed by atoms with van der Waals surface area (Å²) < 4.78 is 0. The molecule has 102 valence electrons. The maximum atomic E-state index is 11.9. The lowest BCUT2D eigenvalue weighted by Gasteiger charge is -2.20. The number of Topliss-reactive ketones (excluding diaryl/α,β-unsaturated/α-hetero) is 1. The third-order valence-electron chi connectivity index (χ3n) is 3.86. The molecule has 0 saturated heterocycles. The lowest BCUT2D eigenvalue weighted by atomic mass is 9.88. The molecule has 19 heavy (non-hydrogen) atoms. The van der Waals surface area contributed by atoms with Gasteiger partial charge in [0.25, 0.3) is 0 Å². The number of thioether (sulfide) groups is 1. The Labute approximate surface area is 115 Å². The van der Waals surface area contributed by atoms with E-state index in [4.69, 9.17) is 5.73 Å². The zero-order valence-electron chi connectivity index (χ0n) is 10.5. The van der Waals surface area contributed by atoms with Crippen molar-refractivity contribution < 1.29 is 14.4 Å². The van der Waals surface area contributed by atoms with Gasteiger partial charge in [0.15, 0.2) is 5.78 Å². The third-order valence-corrected chi connectivity index (χ3v) is 5.23. The molecule has 0 aromatic rings. The molecular weight excluding hydrogens is 264 g/mol. The Morgan fingerprint density at radius 1 is 1.26 bits per heavy atom. The Kier molecular flexibility index (Phi) is 3.12. The molecule has 5 nitrogen and oxygen atoms in total. The molecule has 3 N–H and O–H groups in total. The highest BCUT2D eigenvalue weighted by molar-refractivity contribution is 8.04. The Morgan fingerprint density at radius 3 is 2.63 bits per heavy atom. The summed E-state index contributed by atoms with van der Waals surface area (Å²) in [6.45, 7) is 0. The monoisotopic (exact) mass is 280 g/mol. The summed E-state index contributed by atoms with van der Waals surface area (Å²) >= 11 is 1.31. The number of carbonyl (C=O) groups excluding carboxylic acids is 3. The van der Waals surface area contributed by atoms with Gasteiger partial charge in [-0.15, -0.1) is 0 Å². The van der Waals surface area contributed by atoms with Gasteiger partial charge in [0.05, 0.1) is 16.2 Å². The molecular formula is C13H16N2O3S. The van der Waals surface area contributed by atoms with Crippen molar-refractivity contribution in [2.75, 3.05) is 0 Å². The van der Waals surface area contributed by atoms with Crippen LogP contribution in [0.2, 0.25) is 0 Å². The normalized spacial score (nSPS) is 30.2. The second-order valence-electron chi connectivity index (χ2n) is 5.33. The van der Waals surface area contributed by atoms with Crippen molar-refractivity contribution >= 4 is 29.4 Å². The lowest BCUT2D eigenvalue weighted by Crippen LogP contribution is -2.42. The van der Waals surface area contributed by atoms with Gasteiger partial charge in [-0.2, -0.15) is 0 Å². The molecule has 6 heteroatoms. The van der Waals surface area contributed by atoms with Crippen molar-refractivity contribution in [1.29, 1.82) is 0 Å². The smallest absolute Gasteiger partial charge is 0.227 e. The van der Waals surface area contributed by atoms with Gasteiger partial charge < -0.3 is 11.1 Å². The summed E-state index contributed by atoms with van der Waals surface area (Å²) in [6, 6.07) is 0. The SMILES string of the molecule is NC(=O)C1C2=C(SC1NC(=O)C1CC1)C(=O)CCC2. The largest absolute Gasteiger partial charge is 0.369 e. The topological polar surface area (TPSA) is 89.3 Å². The van der Waals surface area contributed by atoms with E-state index in [1.54, 1.807) is 0 Å². The van der Waals surface area contributed by atoms with Gasteiger partial charge in [-0.3, -0.25) is 14.4 Å². The van der Waals surface area contributed by atoms with Crippen LogP contribution in [0.4, 0.5) is 0 Å². The van der Waals surface area contributed by atoms with Gasteiger partial charge >= 0.3 is 0 Å². The maximum Gasteiger partial charge on any atom is 0.227 e. The Bertz CT molecular complexity index is 496. The van der Waals surface area contributed by atoms with Gasteiger partial charge in [-0.25, -0.2) is 0 Å². The average molecular weight is 280 g/mol. The molecule has 0 spiro atoms. The van der Waals surface area contributed by atoms with Gasteiger partial charge in [0, 0.05) is 12.3 Å². The lowest BCUT2D eigenvalue weighted by molar-refractivity contribution is -0.123. The van der Waals surface area contributed by atoms with E-state index in [0.29, 0.717) is 11.3 Å². The van der Waals surface area contributed by atoms with Gasteiger partial charge in [-0.1, -0.05) is 11.8 Å². The van der Waals surface area contributed by atoms with E-state index < -0.39 is 17.2 Å². The van der Waals surface area contributed by atoms with Gasteiger partial charge in [0.2, 0.25) is 11.8 Å². The standard InChI is InChI=1S/C13H16N2O3S/c14-11(17)9-7-2-1-3-8(16)10(7)19-13(9)15-12(18)6-4-5-6/h6,9,13H,1-5H2,(H2,14,17)(H,15,18). The van der Waals surface area contributed by atoms with E-state index in [9.17, 15) is 14.4 Å². The van der Waals surface area contributed by atoms with E-state index in [1.165, 1.54) is 11.8 Å². The number of nitrogens with two attached hydrogens (primary N) is 1. The number of primary amides is 1. The summed E-state index contributed by atoms with van der Waals surface area (Å²) in [5.74, 6) is -0.820. The molecule has 3 aliphatic rings. The first-order chi connectivity index (χ1) is 9.08. The minimum atomic E-state index is -0.521. The maximum absolute atomic E-state index is 11.9. The zero-order valence-corrected chi connectivity index (χ0v) is 11.3. The van der Waals surface area contributed by atoms with Crippen LogP contribution in [0.1, 0.15) is 32.1 Å².